The summed E-state index contributed by atoms with van der Waals surface area (Å²) in [4.78, 5) is 0. The monoisotopic (exact) mass is 253 g/mol. The fourth-order valence-corrected chi connectivity index (χ4v) is 2.32. The summed E-state index contributed by atoms with van der Waals surface area (Å²) in [7, 11) is 0. The minimum absolute atomic E-state index is 0.693. The summed E-state index contributed by atoms with van der Waals surface area (Å²) in [6, 6.07) is 8.24. The number of rotatable bonds is 7. The van der Waals surface area contributed by atoms with Gasteiger partial charge in [-0.2, -0.15) is 0 Å². The van der Waals surface area contributed by atoms with Crippen LogP contribution in [0, 0.1) is 11.8 Å². The maximum absolute atomic E-state index is 6.03. The van der Waals surface area contributed by atoms with Crippen LogP contribution in [-0.4, -0.2) is 13.1 Å². The minimum atomic E-state index is 0.693. The predicted molar refractivity (Wildman–Crippen MR) is 76.6 cm³/mol. The van der Waals surface area contributed by atoms with E-state index < -0.39 is 0 Å². The van der Waals surface area contributed by atoms with Crippen molar-refractivity contribution in [3.05, 3.63) is 34.9 Å². The van der Waals surface area contributed by atoms with Gasteiger partial charge in [-0.05, 0) is 49.0 Å². The van der Waals surface area contributed by atoms with E-state index in [1.807, 2.05) is 12.1 Å². The van der Waals surface area contributed by atoms with Crippen molar-refractivity contribution >= 4 is 11.6 Å². The molecule has 1 aromatic carbocycles. The lowest BCUT2D eigenvalue weighted by Crippen LogP contribution is -2.28. The third-order valence-corrected chi connectivity index (χ3v) is 3.73. The largest absolute Gasteiger partial charge is 0.317 e. The van der Waals surface area contributed by atoms with Crippen molar-refractivity contribution in [2.24, 2.45) is 11.8 Å². The Bertz CT molecular complexity index is 324. The topological polar surface area (TPSA) is 12.0 Å². The Kier molecular flexibility index (Phi) is 6.61. The third-order valence-electron chi connectivity index (χ3n) is 3.49. The second-order valence-corrected chi connectivity index (χ2v) is 5.22. The van der Waals surface area contributed by atoms with E-state index in [1.165, 1.54) is 12.0 Å². The van der Waals surface area contributed by atoms with Crippen LogP contribution in [0.4, 0.5) is 0 Å². The highest BCUT2D eigenvalue weighted by Gasteiger charge is 2.15. The number of hydrogen-bond donors (Lipinski definition) is 1. The van der Waals surface area contributed by atoms with Crippen LogP contribution in [0.15, 0.2) is 24.3 Å². The Balaban J connectivity index is 2.64. The molecule has 0 spiro atoms. The van der Waals surface area contributed by atoms with Gasteiger partial charge in [-0.1, -0.05) is 50.9 Å². The molecule has 1 nitrogen and oxygen atoms in total. The molecule has 0 fully saturated rings. The van der Waals surface area contributed by atoms with E-state index >= 15 is 0 Å². The molecule has 1 N–H and O–H groups in total. The summed E-state index contributed by atoms with van der Waals surface area (Å²) in [5, 5.41) is 4.31. The number of hydrogen-bond acceptors (Lipinski definition) is 1. The number of halogens is 1. The second-order valence-electron chi connectivity index (χ2n) is 4.79. The van der Waals surface area contributed by atoms with Gasteiger partial charge in [0.25, 0.3) is 0 Å². The van der Waals surface area contributed by atoms with Crippen molar-refractivity contribution in [2.75, 3.05) is 13.1 Å². The van der Waals surface area contributed by atoms with Gasteiger partial charge in [-0.25, -0.2) is 0 Å². The number of nitrogens with one attached hydrogen (secondary N) is 1. The van der Waals surface area contributed by atoms with E-state index in [1.54, 1.807) is 0 Å². The van der Waals surface area contributed by atoms with E-state index in [0.29, 0.717) is 5.92 Å². The van der Waals surface area contributed by atoms with Crippen molar-refractivity contribution < 1.29 is 0 Å². The van der Waals surface area contributed by atoms with E-state index in [2.05, 4.69) is 38.2 Å². The average Bonchev–Trinajstić information content (AvgIpc) is 2.33. The van der Waals surface area contributed by atoms with Crippen LogP contribution < -0.4 is 5.32 Å². The van der Waals surface area contributed by atoms with E-state index in [0.717, 1.165) is 30.5 Å². The van der Waals surface area contributed by atoms with Crippen LogP contribution in [-0.2, 0) is 6.42 Å². The highest BCUT2D eigenvalue weighted by atomic mass is 35.5. The van der Waals surface area contributed by atoms with Crippen LogP contribution >= 0.6 is 11.6 Å². The Morgan fingerprint density at radius 1 is 1.29 bits per heavy atom. The molecule has 17 heavy (non-hydrogen) atoms. The average molecular weight is 254 g/mol. The van der Waals surface area contributed by atoms with Gasteiger partial charge >= 0.3 is 0 Å². The summed E-state index contributed by atoms with van der Waals surface area (Å²) in [5.74, 6) is 1.44. The molecular formula is C15H24ClN. The van der Waals surface area contributed by atoms with Crippen molar-refractivity contribution in [1.29, 1.82) is 0 Å². The van der Waals surface area contributed by atoms with Gasteiger partial charge in [0.05, 0.1) is 0 Å². The maximum Gasteiger partial charge on any atom is 0.0408 e. The Morgan fingerprint density at radius 2 is 2.06 bits per heavy atom. The van der Waals surface area contributed by atoms with Crippen molar-refractivity contribution in [1.82, 2.24) is 5.32 Å². The lowest BCUT2D eigenvalue weighted by Gasteiger charge is -2.23. The molecule has 0 saturated carbocycles. The summed E-state index contributed by atoms with van der Waals surface area (Å²) in [6.07, 6.45) is 2.35. The van der Waals surface area contributed by atoms with Crippen molar-refractivity contribution in [2.45, 2.75) is 33.6 Å². The van der Waals surface area contributed by atoms with E-state index in [4.69, 9.17) is 11.6 Å². The highest BCUT2D eigenvalue weighted by Crippen LogP contribution is 2.21. The predicted octanol–water partition coefficient (Wildman–Crippen LogP) is 4.15. The summed E-state index contributed by atoms with van der Waals surface area (Å²) in [6.45, 7) is 8.90. The van der Waals surface area contributed by atoms with Gasteiger partial charge in [0.2, 0.25) is 0 Å². The first-order valence-corrected chi connectivity index (χ1v) is 7.00. The highest BCUT2D eigenvalue weighted by molar-refractivity contribution is 6.30. The lowest BCUT2D eigenvalue weighted by molar-refractivity contribution is 0.332. The fourth-order valence-electron chi connectivity index (χ4n) is 2.10. The van der Waals surface area contributed by atoms with Crippen LogP contribution in [0.1, 0.15) is 32.8 Å². The SMILES string of the molecule is CCNCC(Cc1cccc(Cl)c1)C(C)CC. The van der Waals surface area contributed by atoms with Gasteiger partial charge in [0.15, 0.2) is 0 Å². The molecule has 0 aromatic heterocycles. The molecule has 2 heteroatoms. The standard InChI is InChI=1S/C15H24ClN/c1-4-12(3)14(11-17-5-2)9-13-7-6-8-15(16)10-13/h6-8,10,12,14,17H,4-5,9,11H2,1-3H3. The molecule has 0 aliphatic carbocycles. The Labute approximate surface area is 111 Å². The molecule has 0 amide bonds. The Morgan fingerprint density at radius 3 is 2.65 bits per heavy atom. The van der Waals surface area contributed by atoms with Gasteiger partial charge < -0.3 is 5.32 Å². The van der Waals surface area contributed by atoms with Crippen LogP contribution in [0.2, 0.25) is 5.02 Å². The van der Waals surface area contributed by atoms with Crippen molar-refractivity contribution in [3.8, 4) is 0 Å². The van der Waals surface area contributed by atoms with E-state index in [-0.39, 0.29) is 0 Å². The zero-order valence-corrected chi connectivity index (χ0v) is 11.9. The van der Waals surface area contributed by atoms with Gasteiger partial charge in [-0.15, -0.1) is 0 Å². The Hall–Kier alpha value is -0.530. The molecule has 0 aliphatic heterocycles. The summed E-state index contributed by atoms with van der Waals surface area (Å²) < 4.78 is 0. The van der Waals surface area contributed by atoms with Gasteiger partial charge in [0.1, 0.15) is 0 Å². The lowest BCUT2D eigenvalue weighted by atomic mass is 9.86. The molecule has 1 aromatic rings. The minimum Gasteiger partial charge on any atom is -0.317 e. The normalized spacial score (nSPS) is 14.6. The molecular weight excluding hydrogens is 230 g/mol. The first-order chi connectivity index (χ1) is 8.17. The van der Waals surface area contributed by atoms with Crippen LogP contribution in [0.3, 0.4) is 0 Å². The van der Waals surface area contributed by atoms with Crippen molar-refractivity contribution in [3.63, 3.8) is 0 Å². The molecule has 0 saturated heterocycles. The first-order valence-electron chi connectivity index (χ1n) is 6.62. The first kappa shape index (κ1) is 14.5. The molecule has 0 radical (unpaired) electrons. The summed E-state index contributed by atoms with van der Waals surface area (Å²) in [5.41, 5.74) is 1.35. The smallest absolute Gasteiger partial charge is 0.0408 e. The van der Waals surface area contributed by atoms with Gasteiger partial charge in [-0.3, -0.25) is 0 Å². The van der Waals surface area contributed by atoms with Crippen LogP contribution in [0.25, 0.3) is 0 Å². The molecule has 0 bridgehead atoms. The third kappa shape index (κ3) is 5.10. The molecule has 2 atom stereocenters. The molecule has 1 rings (SSSR count). The molecule has 2 unspecified atom stereocenters. The zero-order valence-electron chi connectivity index (χ0n) is 11.2. The zero-order chi connectivity index (χ0) is 12.7. The van der Waals surface area contributed by atoms with E-state index in [9.17, 15) is 0 Å². The molecule has 96 valence electrons. The number of benzene rings is 1. The second kappa shape index (κ2) is 7.73. The fraction of sp³-hybridized carbons (Fsp3) is 0.600. The van der Waals surface area contributed by atoms with Gasteiger partial charge in [0, 0.05) is 5.02 Å². The maximum atomic E-state index is 6.03. The summed E-state index contributed by atoms with van der Waals surface area (Å²) >= 11 is 6.03. The van der Waals surface area contributed by atoms with Crippen LogP contribution in [0.5, 0.6) is 0 Å². The molecule has 0 aliphatic rings. The molecule has 0 heterocycles. The quantitative estimate of drug-likeness (QED) is 0.770.